The molecule has 1 aliphatic heterocycles. The van der Waals surface area contributed by atoms with E-state index in [2.05, 4.69) is 10.3 Å². The summed E-state index contributed by atoms with van der Waals surface area (Å²) in [6.45, 7) is 2.90. The number of aliphatic hydroxyl groups is 1. The number of benzene rings is 1. The first-order valence-electron chi connectivity index (χ1n) is 7.99. The number of carbonyl (C=O) groups is 1. The van der Waals surface area contributed by atoms with E-state index in [0.29, 0.717) is 30.2 Å². The summed E-state index contributed by atoms with van der Waals surface area (Å²) in [6.07, 6.45) is 1.82. The second kappa shape index (κ2) is 6.97. The Hall–Kier alpha value is -2.47. The number of nitrogens with zero attached hydrogens (tertiary/aromatic N) is 2. The van der Waals surface area contributed by atoms with Crippen molar-refractivity contribution in [3.8, 4) is 0 Å². The Balaban J connectivity index is 1.82. The van der Waals surface area contributed by atoms with Crippen LogP contribution in [0.1, 0.15) is 23.7 Å². The van der Waals surface area contributed by atoms with Gasteiger partial charge in [-0.2, -0.15) is 0 Å². The first kappa shape index (κ1) is 16.4. The molecule has 2 atom stereocenters. The standard InChI is InChI=1S/C18H20FN3O2/c1-12-7-9-22(11-16(12)23)18(24)15-6-3-8-20-17(15)21-14-5-2-4-13(19)10-14/h2-6,8,10,12,16,23H,7,9,11H2,1H3,(H,20,21). The smallest absolute Gasteiger partial charge is 0.257 e. The summed E-state index contributed by atoms with van der Waals surface area (Å²) >= 11 is 0. The number of rotatable bonds is 3. The van der Waals surface area contributed by atoms with Gasteiger partial charge in [0.1, 0.15) is 11.6 Å². The van der Waals surface area contributed by atoms with Crippen LogP contribution >= 0.6 is 0 Å². The maximum absolute atomic E-state index is 13.3. The number of hydrogen-bond donors (Lipinski definition) is 2. The van der Waals surface area contributed by atoms with E-state index in [1.165, 1.54) is 12.1 Å². The molecular weight excluding hydrogens is 309 g/mol. The van der Waals surface area contributed by atoms with Crippen molar-refractivity contribution in [1.82, 2.24) is 9.88 Å². The Morgan fingerprint density at radius 2 is 2.21 bits per heavy atom. The number of aliphatic hydroxyl groups excluding tert-OH is 1. The van der Waals surface area contributed by atoms with Crippen LogP contribution in [-0.4, -0.2) is 40.1 Å². The zero-order valence-electron chi connectivity index (χ0n) is 13.4. The number of aromatic nitrogens is 1. The topological polar surface area (TPSA) is 65.5 Å². The zero-order chi connectivity index (χ0) is 17.1. The van der Waals surface area contributed by atoms with Crippen molar-refractivity contribution in [2.24, 2.45) is 5.92 Å². The SMILES string of the molecule is CC1CCN(C(=O)c2cccnc2Nc2cccc(F)c2)CC1O. The van der Waals surface area contributed by atoms with Crippen molar-refractivity contribution in [2.45, 2.75) is 19.4 Å². The summed E-state index contributed by atoms with van der Waals surface area (Å²) in [4.78, 5) is 18.6. The molecule has 3 rings (SSSR count). The van der Waals surface area contributed by atoms with Crippen LogP contribution in [0.3, 0.4) is 0 Å². The molecule has 0 spiro atoms. The summed E-state index contributed by atoms with van der Waals surface area (Å²) in [7, 11) is 0. The van der Waals surface area contributed by atoms with Crippen molar-refractivity contribution in [2.75, 3.05) is 18.4 Å². The molecule has 1 aromatic carbocycles. The number of nitrogens with one attached hydrogen (secondary N) is 1. The molecule has 2 unspecified atom stereocenters. The van der Waals surface area contributed by atoms with Gasteiger partial charge < -0.3 is 15.3 Å². The predicted molar refractivity (Wildman–Crippen MR) is 89.6 cm³/mol. The van der Waals surface area contributed by atoms with Gasteiger partial charge in [-0.25, -0.2) is 9.37 Å². The predicted octanol–water partition coefficient (Wildman–Crippen LogP) is 2.81. The van der Waals surface area contributed by atoms with E-state index >= 15 is 0 Å². The van der Waals surface area contributed by atoms with Crippen molar-refractivity contribution in [3.05, 3.63) is 54.0 Å². The number of pyridine rings is 1. The van der Waals surface area contributed by atoms with Gasteiger partial charge in [-0.1, -0.05) is 13.0 Å². The van der Waals surface area contributed by atoms with Gasteiger partial charge in [-0.15, -0.1) is 0 Å². The largest absolute Gasteiger partial charge is 0.391 e. The Labute approximate surface area is 140 Å². The lowest BCUT2D eigenvalue weighted by Crippen LogP contribution is -2.46. The van der Waals surface area contributed by atoms with Crippen LogP contribution in [0.15, 0.2) is 42.6 Å². The maximum atomic E-state index is 13.3. The fourth-order valence-corrected chi connectivity index (χ4v) is 2.78. The molecule has 0 saturated carbocycles. The molecule has 1 saturated heterocycles. The molecule has 126 valence electrons. The van der Waals surface area contributed by atoms with E-state index in [4.69, 9.17) is 0 Å². The highest BCUT2D eigenvalue weighted by molar-refractivity contribution is 5.99. The van der Waals surface area contributed by atoms with Gasteiger partial charge in [0.15, 0.2) is 0 Å². The van der Waals surface area contributed by atoms with E-state index in [1.54, 1.807) is 35.4 Å². The Kier molecular flexibility index (Phi) is 4.76. The minimum atomic E-state index is -0.515. The van der Waals surface area contributed by atoms with Crippen LogP contribution in [0.2, 0.25) is 0 Å². The van der Waals surface area contributed by atoms with E-state index in [0.717, 1.165) is 6.42 Å². The van der Waals surface area contributed by atoms with Gasteiger partial charge in [-0.3, -0.25) is 4.79 Å². The van der Waals surface area contributed by atoms with Gasteiger partial charge in [0.05, 0.1) is 11.7 Å². The second-order valence-corrected chi connectivity index (χ2v) is 6.12. The maximum Gasteiger partial charge on any atom is 0.257 e. The molecule has 1 amide bonds. The highest BCUT2D eigenvalue weighted by Gasteiger charge is 2.29. The number of carbonyl (C=O) groups excluding carboxylic acids is 1. The minimum Gasteiger partial charge on any atom is -0.391 e. The highest BCUT2D eigenvalue weighted by Crippen LogP contribution is 2.23. The minimum absolute atomic E-state index is 0.187. The lowest BCUT2D eigenvalue weighted by molar-refractivity contribution is 0.0249. The number of anilines is 2. The molecule has 1 aromatic heterocycles. The molecule has 24 heavy (non-hydrogen) atoms. The first-order chi connectivity index (χ1) is 11.5. The summed E-state index contributed by atoms with van der Waals surface area (Å²) in [5, 5.41) is 13.0. The molecule has 6 heteroatoms. The van der Waals surface area contributed by atoms with Gasteiger partial charge in [0.25, 0.3) is 5.91 Å². The van der Waals surface area contributed by atoms with E-state index < -0.39 is 6.10 Å². The molecule has 0 bridgehead atoms. The zero-order valence-corrected chi connectivity index (χ0v) is 13.4. The number of hydrogen-bond acceptors (Lipinski definition) is 4. The summed E-state index contributed by atoms with van der Waals surface area (Å²) < 4.78 is 13.3. The average Bonchev–Trinajstić information content (AvgIpc) is 2.57. The third-order valence-electron chi connectivity index (χ3n) is 4.33. The van der Waals surface area contributed by atoms with Crippen molar-refractivity contribution >= 4 is 17.4 Å². The number of likely N-dealkylation sites (tertiary alicyclic amines) is 1. The summed E-state index contributed by atoms with van der Waals surface area (Å²) in [5.74, 6) is 0.0129. The van der Waals surface area contributed by atoms with Crippen LogP contribution in [-0.2, 0) is 0 Å². The number of β-amino-alcohol motifs (C(OH)–C–C–N with tert-alkyl or cyclic N) is 1. The molecule has 1 fully saturated rings. The Bertz CT molecular complexity index is 738. The number of amides is 1. The molecular formula is C18H20FN3O2. The van der Waals surface area contributed by atoms with Crippen LogP contribution in [0, 0.1) is 11.7 Å². The van der Waals surface area contributed by atoms with E-state index in [9.17, 15) is 14.3 Å². The average molecular weight is 329 g/mol. The number of piperidine rings is 1. The third-order valence-corrected chi connectivity index (χ3v) is 4.33. The molecule has 2 aromatic rings. The van der Waals surface area contributed by atoms with Gasteiger partial charge in [0, 0.05) is 25.0 Å². The Morgan fingerprint density at radius 3 is 2.96 bits per heavy atom. The molecule has 2 N–H and O–H groups in total. The third kappa shape index (κ3) is 3.54. The molecule has 0 aliphatic carbocycles. The van der Waals surface area contributed by atoms with Gasteiger partial charge >= 0.3 is 0 Å². The second-order valence-electron chi connectivity index (χ2n) is 6.12. The van der Waals surface area contributed by atoms with Crippen LogP contribution in [0.5, 0.6) is 0 Å². The lowest BCUT2D eigenvalue weighted by atomic mass is 9.95. The highest BCUT2D eigenvalue weighted by atomic mass is 19.1. The normalized spacial score (nSPS) is 20.7. The van der Waals surface area contributed by atoms with Crippen LogP contribution in [0.4, 0.5) is 15.9 Å². The van der Waals surface area contributed by atoms with Crippen LogP contribution < -0.4 is 5.32 Å². The van der Waals surface area contributed by atoms with E-state index in [1.807, 2.05) is 6.92 Å². The van der Waals surface area contributed by atoms with Crippen molar-refractivity contribution < 1.29 is 14.3 Å². The number of halogens is 1. The van der Waals surface area contributed by atoms with Gasteiger partial charge in [-0.05, 0) is 42.7 Å². The van der Waals surface area contributed by atoms with E-state index in [-0.39, 0.29) is 17.6 Å². The monoisotopic (exact) mass is 329 g/mol. The molecule has 5 nitrogen and oxygen atoms in total. The summed E-state index contributed by atoms with van der Waals surface area (Å²) in [5.41, 5.74) is 0.929. The summed E-state index contributed by atoms with van der Waals surface area (Å²) in [6, 6.07) is 9.36. The quantitative estimate of drug-likeness (QED) is 0.909. The Morgan fingerprint density at radius 1 is 1.38 bits per heavy atom. The molecule has 1 aliphatic rings. The van der Waals surface area contributed by atoms with Crippen molar-refractivity contribution in [1.29, 1.82) is 0 Å². The molecule has 2 heterocycles. The fourth-order valence-electron chi connectivity index (χ4n) is 2.78. The van der Waals surface area contributed by atoms with Crippen LogP contribution in [0.25, 0.3) is 0 Å². The first-order valence-corrected chi connectivity index (χ1v) is 7.99. The fraction of sp³-hybridized carbons (Fsp3) is 0.333. The lowest BCUT2D eigenvalue weighted by Gasteiger charge is -2.34. The molecule has 0 radical (unpaired) electrons. The van der Waals surface area contributed by atoms with Gasteiger partial charge in [0.2, 0.25) is 0 Å². The van der Waals surface area contributed by atoms with Crippen molar-refractivity contribution in [3.63, 3.8) is 0 Å².